The Balaban J connectivity index is 1.34. The van der Waals surface area contributed by atoms with Gasteiger partial charge in [-0.05, 0) is 41.5 Å². The SMILES string of the molecule is CC(=O)NCC1CN(c2ccc(-c3ccc(CNC(=O)C(N)Cc4ccccn4)cc3)c(F)c2)C(=O)O1. The lowest BCUT2D eigenvalue weighted by Crippen LogP contribution is -2.41. The van der Waals surface area contributed by atoms with Crippen molar-refractivity contribution < 1.29 is 23.5 Å². The van der Waals surface area contributed by atoms with Crippen LogP contribution < -0.4 is 21.3 Å². The molecule has 0 radical (unpaired) electrons. The maximum atomic E-state index is 15.0. The molecule has 2 atom stereocenters. The highest BCUT2D eigenvalue weighted by Crippen LogP contribution is 2.29. The number of aromatic nitrogens is 1. The number of nitrogens with two attached hydrogens (primary N) is 1. The third-order valence-corrected chi connectivity index (χ3v) is 5.94. The van der Waals surface area contributed by atoms with E-state index in [0.29, 0.717) is 23.2 Å². The number of hydrogen-bond donors (Lipinski definition) is 3. The van der Waals surface area contributed by atoms with Crippen molar-refractivity contribution in [2.75, 3.05) is 18.0 Å². The molecule has 3 aromatic rings. The van der Waals surface area contributed by atoms with E-state index in [-0.39, 0.29) is 31.4 Å². The third-order valence-electron chi connectivity index (χ3n) is 5.94. The Morgan fingerprint density at radius 1 is 1.16 bits per heavy atom. The summed E-state index contributed by atoms with van der Waals surface area (Å²) in [5, 5.41) is 5.42. The molecule has 4 N–H and O–H groups in total. The standard InChI is InChI=1S/C27H28FN5O4/c1-17(34)31-15-22-16-33(27(36)37-22)21-9-10-23(24(28)13-21)19-7-5-18(6-8-19)14-32-26(35)25(29)12-20-4-2-3-11-30-20/h2-11,13,22,25H,12,14-16,29H2,1H3,(H,31,34)(H,32,35). The Morgan fingerprint density at radius 2 is 1.95 bits per heavy atom. The van der Waals surface area contributed by atoms with Crippen LogP contribution in [0.3, 0.4) is 0 Å². The molecule has 1 aromatic heterocycles. The fourth-order valence-electron chi connectivity index (χ4n) is 3.96. The average molecular weight is 506 g/mol. The van der Waals surface area contributed by atoms with E-state index in [2.05, 4.69) is 15.6 Å². The largest absolute Gasteiger partial charge is 0.442 e. The van der Waals surface area contributed by atoms with E-state index in [1.165, 1.54) is 17.9 Å². The zero-order valence-electron chi connectivity index (χ0n) is 20.3. The van der Waals surface area contributed by atoms with E-state index >= 15 is 0 Å². The van der Waals surface area contributed by atoms with Crippen molar-refractivity contribution in [2.45, 2.75) is 32.0 Å². The fourth-order valence-corrected chi connectivity index (χ4v) is 3.96. The van der Waals surface area contributed by atoms with Crippen LogP contribution >= 0.6 is 0 Å². The molecule has 1 fully saturated rings. The summed E-state index contributed by atoms with van der Waals surface area (Å²) in [6.07, 6.45) is 0.904. The van der Waals surface area contributed by atoms with Crippen LogP contribution in [0.15, 0.2) is 66.9 Å². The van der Waals surface area contributed by atoms with Gasteiger partial charge >= 0.3 is 6.09 Å². The summed E-state index contributed by atoms with van der Waals surface area (Å²) in [5.74, 6) is -0.990. The minimum atomic E-state index is -0.713. The summed E-state index contributed by atoms with van der Waals surface area (Å²) in [6, 6.07) is 16.4. The minimum absolute atomic E-state index is 0.196. The van der Waals surface area contributed by atoms with Crippen molar-refractivity contribution in [2.24, 2.45) is 5.73 Å². The number of carbonyl (C=O) groups excluding carboxylic acids is 3. The molecule has 3 amide bonds. The van der Waals surface area contributed by atoms with Gasteiger partial charge in [-0.25, -0.2) is 9.18 Å². The van der Waals surface area contributed by atoms with E-state index in [9.17, 15) is 18.8 Å². The minimum Gasteiger partial charge on any atom is -0.442 e. The van der Waals surface area contributed by atoms with E-state index in [4.69, 9.17) is 10.5 Å². The lowest BCUT2D eigenvalue weighted by atomic mass is 10.0. The molecular weight excluding hydrogens is 477 g/mol. The summed E-state index contributed by atoms with van der Waals surface area (Å²) >= 11 is 0. The van der Waals surface area contributed by atoms with Gasteiger partial charge in [-0.1, -0.05) is 30.3 Å². The van der Waals surface area contributed by atoms with Gasteiger partial charge < -0.3 is 21.1 Å². The van der Waals surface area contributed by atoms with Crippen LogP contribution in [-0.4, -0.2) is 48.1 Å². The molecule has 1 saturated heterocycles. The molecule has 0 bridgehead atoms. The predicted octanol–water partition coefficient (Wildman–Crippen LogP) is 2.54. The summed E-state index contributed by atoms with van der Waals surface area (Å²) in [4.78, 5) is 41.1. The first-order valence-electron chi connectivity index (χ1n) is 11.8. The first-order chi connectivity index (χ1) is 17.8. The zero-order valence-corrected chi connectivity index (χ0v) is 20.3. The van der Waals surface area contributed by atoms with Crippen LogP contribution in [0.25, 0.3) is 11.1 Å². The van der Waals surface area contributed by atoms with Gasteiger partial charge in [-0.2, -0.15) is 0 Å². The molecule has 0 spiro atoms. The monoisotopic (exact) mass is 505 g/mol. The molecule has 4 rings (SSSR count). The summed E-state index contributed by atoms with van der Waals surface area (Å²) in [6.45, 7) is 2.07. The van der Waals surface area contributed by atoms with Gasteiger partial charge in [0.25, 0.3) is 0 Å². The number of ether oxygens (including phenoxy) is 1. The lowest BCUT2D eigenvalue weighted by Gasteiger charge is -2.15. The highest BCUT2D eigenvalue weighted by molar-refractivity contribution is 5.90. The zero-order chi connectivity index (χ0) is 26.4. The second-order valence-corrected chi connectivity index (χ2v) is 8.76. The maximum absolute atomic E-state index is 15.0. The van der Waals surface area contributed by atoms with Gasteiger partial charge in [-0.3, -0.25) is 19.5 Å². The Kier molecular flexibility index (Phi) is 8.09. The van der Waals surface area contributed by atoms with Crippen molar-refractivity contribution in [3.8, 4) is 11.1 Å². The first kappa shape index (κ1) is 25.8. The second-order valence-electron chi connectivity index (χ2n) is 8.76. The summed E-state index contributed by atoms with van der Waals surface area (Å²) in [7, 11) is 0. The van der Waals surface area contributed by atoms with E-state index in [0.717, 1.165) is 11.3 Å². The molecule has 0 aliphatic carbocycles. The Hall–Kier alpha value is -4.31. The number of cyclic esters (lactones) is 1. The Morgan fingerprint density at radius 3 is 2.62 bits per heavy atom. The molecular formula is C27H28FN5O4. The van der Waals surface area contributed by atoms with Crippen molar-refractivity contribution >= 4 is 23.6 Å². The quantitative estimate of drug-likeness (QED) is 0.410. The van der Waals surface area contributed by atoms with Crippen LogP contribution in [0.5, 0.6) is 0 Å². The van der Waals surface area contributed by atoms with Crippen molar-refractivity contribution in [1.29, 1.82) is 0 Å². The maximum Gasteiger partial charge on any atom is 0.414 e. The number of amides is 3. The van der Waals surface area contributed by atoms with E-state index in [1.807, 2.05) is 12.1 Å². The summed E-state index contributed by atoms with van der Waals surface area (Å²) in [5.41, 5.74) is 8.97. The number of hydrogen-bond acceptors (Lipinski definition) is 6. The number of nitrogens with zero attached hydrogens (tertiary/aromatic N) is 2. The van der Waals surface area contributed by atoms with Crippen LogP contribution in [0.4, 0.5) is 14.9 Å². The number of nitrogens with one attached hydrogen (secondary N) is 2. The second kappa shape index (κ2) is 11.6. The van der Waals surface area contributed by atoms with Crippen molar-refractivity contribution in [3.63, 3.8) is 0 Å². The average Bonchev–Trinajstić information content (AvgIpc) is 3.27. The normalized spacial score (nSPS) is 15.7. The van der Waals surface area contributed by atoms with Gasteiger partial charge in [0.05, 0.1) is 24.8 Å². The van der Waals surface area contributed by atoms with E-state index < -0.39 is 24.1 Å². The van der Waals surface area contributed by atoms with Crippen molar-refractivity contribution in [3.05, 3.63) is 83.9 Å². The number of benzene rings is 2. The number of anilines is 1. The van der Waals surface area contributed by atoms with Gasteiger partial charge in [-0.15, -0.1) is 0 Å². The van der Waals surface area contributed by atoms with Crippen LogP contribution in [0.1, 0.15) is 18.2 Å². The molecule has 2 aromatic carbocycles. The highest BCUT2D eigenvalue weighted by atomic mass is 19.1. The predicted molar refractivity (Wildman–Crippen MR) is 136 cm³/mol. The number of pyridine rings is 1. The Bertz CT molecular complexity index is 1270. The van der Waals surface area contributed by atoms with Crippen LogP contribution in [0, 0.1) is 5.82 Å². The molecule has 192 valence electrons. The van der Waals surface area contributed by atoms with Gasteiger partial charge in [0, 0.05) is 37.3 Å². The van der Waals surface area contributed by atoms with Crippen LogP contribution in [-0.2, 0) is 27.3 Å². The van der Waals surface area contributed by atoms with E-state index in [1.54, 1.807) is 48.7 Å². The molecule has 9 nitrogen and oxygen atoms in total. The molecule has 2 unspecified atom stereocenters. The molecule has 2 heterocycles. The molecule has 1 aliphatic rings. The Labute approximate surface area is 213 Å². The molecule has 0 saturated carbocycles. The fraction of sp³-hybridized carbons (Fsp3) is 0.259. The van der Waals surface area contributed by atoms with Gasteiger partial charge in [0.1, 0.15) is 11.9 Å². The van der Waals surface area contributed by atoms with Gasteiger partial charge in [0.2, 0.25) is 11.8 Å². The smallest absolute Gasteiger partial charge is 0.414 e. The number of carbonyl (C=O) groups is 3. The highest BCUT2D eigenvalue weighted by Gasteiger charge is 2.32. The first-order valence-corrected chi connectivity index (χ1v) is 11.8. The van der Waals surface area contributed by atoms with Crippen LogP contribution in [0.2, 0.25) is 0 Å². The third kappa shape index (κ3) is 6.68. The molecule has 1 aliphatic heterocycles. The molecule has 10 heteroatoms. The molecule has 37 heavy (non-hydrogen) atoms. The van der Waals surface area contributed by atoms with Gasteiger partial charge in [0.15, 0.2) is 0 Å². The number of rotatable bonds is 9. The summed E-state index contributed by atoms with van der Waals surface area (Å²) < 4.78 is 20.2. The van der Waals surface area contributed by atoms with Crippen molar-refractivity contribution in [1.82, 2.24) is 15.6 Å². The topological polar surface area (TPSA) is 127 Å². The lowest BCUT2D eigenvalue weighted by molar-refractivity contribution is -0.122. The number of halogens is 1.